The Labute approximate surface area is 70.8 Å². The van der Waals surface area contributed by atoms with E-state index < -0.39 is 6.67 Å². The predicted molar refractivity (Wildman–Crippen MR) is 45.9 cm³/mol. The summed E-state index contributed by atoms with van der Waals surface area (Å²) < 4.78 is 12.3. The predicted octanol–water partition coefficient (Wildman–Crippen LogP) is 1.40. The van der Waals surface area contributed by atoms with E-state index in [1.165, 1.54) is 12.1 Å². The summed E-state index contributed by atoms with van der Waals surface area (Å²) in [7, 11) is 0. The van der Waals surface area contributed by atoms with Crippen LogP contribution in [-0.2, 0) is 0 Å². The maximum Gasteiger partial charge on any atom is 0.115 e. The van der Waals surface area contributed by atoms with Crippen LogP contribution in [0, 0.1) is 0 Å². The molecule has 0 heterocycles. The minimum atomic E-state index is -0.457. The van der Waals surface area contributed by atoms with Crippen molar-refractivity contribution in [2.45, 2.75) is 5.92 Å². The number of aromatic hydroxyl groups is 1. The first-order valence-electron chi connectivity index (χ1n) is 3.83. The van der Waals surface area contributed by atoms with Gasteiger partial charge in [-0.15, -0.1) is 0 Å². The van der Waals surface area contributed by atoms with Crippen LogP contribution in [0.1, 0.15) is 11.5 Å². The van der Waals surface area contributed by atoms with Crippen molar-refractivity contribution in [2.24, 2.45) is 5.73 Å². The molecule has 0 bridgehead atoms. The molecule has 2 nitrogen and oxygen atoms in total. The second kappa shape index (κ2) is 4.07. The molecule has 1 atom stereocenters. The maximum absolute atomic E-state index is 12.3. The molecule has 0 saturated heterocycles. The molecule has 1 unspecified atom stereocenters. The van der Waals surface area contributed by atoms with E-state index in [0.717, 1.165) is 5.56 Å². The average Bonchev–Trinajstić information content (AvgIpc) is 2.10. The van der Waals surface area contributed by atoms with Crippen LogP contribution in [-0.4, -0.2) is 18.3 Å². The molecule has 12 heavy (non-hydrogen) atoms. The second-order valence-corrected chi connectivity index (χ2v) is 2.68. The molecule has 0 fully saturated rings. The summed E-state index contributed by atoms with van der Waals surface area (Å²) >= 11 is 0. The Hall–Kier alpha value is -1.09. The van der Waals surface area contributed by atoms with E-state index in [4.69, 9.17) is 10.8 Å². The van der Waals surface area contributed by atoms with Crippen LogP contribution in [0.25, 0.3) is 0 Å². The summed E-state index contributed by atoms with van der Waals surface area (Å²) in [6, 6.07) is 6.44. The second-order valence-electron chi connectivity index (χ2n) is 2.68. The molecule has 3 N–H and O–H groups in total. The highest BCUT2D eigenvalue weighted by Gasteiger charge is 2.07. The lowest BCUT2D eigenvalue weighted by Gasteiger charge is -2.09. The fourth-order valence-electron chi connectivity index (χ4n) is 1.03. The zero-order chi connectivity index (χ0) is 8.97. The number of rotatable bonds is 3. The van der Waals surface area contributed by atoms with E-state index in [1.54, 1.807) is 12.1 Å². The van der Waals surface area contributed by atoms with Gasteiger partial charge in [-0.1, -0.05) is 12.1 Å². The van der Waals surface area contributed by atoms with Crippen LogP contribution in [0.3, 0.4) is 0 Å². The summed E-state index contributed by atoms with van der Waals surface area (Å²) in [6.07, 6.45) is 0. The zero-order valence-electron chi connectivity index (χ0n) is 6.70. The van der Waals surface area contributed by atoms with Crippen LogP contribution in [0.2, 0.25) is 0 Å². The van der Waals surface area contributed by atoms with Gasteiger partial charge in [0.15, 0.2) is 0 Å². The molecular weight excluding hydrogens is 157 g/mol. The number of phenols is 1. The minimum absolute atomic E-state index is 0.188. The van der Waals surface area contributed by atoms with Crippen molar-refractivity contribution >= 4 is 0 Å². The summed E-state index contributed by atoms with van der Waals surface area (Å²) in [4.78, 5) is 0. The van der Waals surface area contributed by atoms with E-state index in [2.05, 4.69) is 0 Å². The van der Waals surface area contributed by atoms with Gasteiger partial charge < -0.3 is 10.8 Å². The molecule has 1 aromatic rings. The lowest BCUT2D eigenvalue weighted by atomic mass is 10.0. The van der Waals surface area contributed by atoms with Gasteiger partial charge in [-0.2, -0.15) is 0 Å². The summed E-state index contributed by atoms with van der Waals surface area (Å²) in [5.41, 5.74) is 6.18. The molecule has 1 aromatic carbocycles. The third-order valence-corrected chi connectivity index (χ3v) is 1.84. The van der Waals surface area contributed by atoms with Crippen molar-refractivity contribution in [3.05, 3.63) is 29.8 Å². The van der Waals surface area contributed by atoms with E-state index >= 15 is 0 Å². The Morgan fingerprint density at radius 3 is 2.33 bits per heavy atom. The quantitative estimate of drug-likeness (QED) is 0.718. The Bertz CT molecular complexity index is 231. The molecule has 0 aliphatic carbocycles. The minimum Gasteiger partial charge on any atom is -0.508 e. The molecular formula is C9H12FNO. The summed E-state index contributed by atoms with van der Waals surface area (Å²) in [5, 5.41) is 8.96. The lowest BCUT2D eigenvalue weighted by Crippen LogP contribution is -2.13. The Morgan fingerprint density at radius 2 is 1.92 bits per heavy atom. The van der Waals surface area contributed by atoms with Crippen molar-refractivity contribution in [3.8, 4) is 5.75 Å². The number of nitrogens with two attached hydrogens (primary N) is 1. The first-order chi connectivity index (χ1) is 5.77. The normalized spacial score (nSPS) is 12.8. The molecule has 0 saturated carbocycles. The molecule has 0 radical (unpaired) electrons. The largest absolute Gasteiger partial charge is 0.508 e. The number of hydrogen-bond donors (Lipinski definition) is 2. The van der Waals surface area contributed by atoms with E-state index in [1.807, 2.05) is 0 Å². The number of benzene rings is 1. The summed E-state index contributed by atoms with van der Waals surface area (Å²) in [5.74, 6) is -0.0565. The molecule has 66 valence electrons. The van der Waals surface area contributed by atoms with Crippen molar-refractivity contribution in [1.29, 1.82) is 0 Å². The molecule has 0 aromatic heterocycles. The van der Waals surface area contributed by atoms with Crippen molar-refractivity contribution in [1.82, 2.24) is 0 Å². The van der Waals surface area contributed by atoms with Crippen LogP contribution in [0.4, 0.5) is 4.39 Å². The highest BCUT2D eigenvalue weighted by Crippen LogP contribution is 2.18. The molecule has 1 rings (SSSR count). The van der Waals surface area contributed by atoms with Gasteiger partial charge in [-0.05, 0) is 17.7 Å². The molecule has 0 aliphatic heterocycles. The van der Waals surface area contributed by atoms with Gasteiger partial charge in [0.1, 0.15) is 5.75 Å². The van der Waals surface area contributed by atoms with Crippen LogP contribution in [0.15, 0.2) is 24.3 Å². The van der Waals surface area contributed by atoms with Gasteiger partial charge in [0.2, 0.25) is 0 Å². The maximum atomic E-state index is 12.3. The smallest absolute Gasteiger partial charge is 0.115 e. The monoisotopic (exact) mass is 169 g/mol. The number of alkyl halides is 1. The van der Waals surface area contributed by atoms with Gasteiger partial charge in [0.05, 0.1) is 6.67 Å². The van der Waals surface area contributed by atoms with Crippen molar-refractivity contribution < 1.29 is 9.50 Å². The molecule has 0 amide bonds. The van der Waals surface area contributed by atoms with Crippen LogP contribution in [0.5, 0.6) is 5.75 Å². The van der Waals surface area contributed by atoms with Crippen molar-refractivity contribution in [3.63, 3.8) is 0 Å². The summed E-state index contributed by atoms with van der Waals surface area (Å²) in [6.45, 7) is -0.164. The highest BCUT2D eigenvalue weighted by atomic mass is 19.1. The SMILES string of the molecule is NCC(CF)c1ccc(O)cc1. The van der Waals surface area contributed by atoms with Crippen LogP contribution < -0.4 is 5.73 Å². The Balaban J connectivity index is 2.80. The standard InChI is InChI=1S/C9H12FNO/c10-5-8(6-11)7-1-3-9(12)4-2-7/h1-4,8,12H,5-6,11H2. The number of halogens is 1. The molecule has 0 spiro atoms. The molecule has 0 aliphatic rings. The highest BCUT2D eigenvalue weighted by molar-refractivity contribution is 5.28. The zero-order valence-corrected chi connectivity index (χ0v) is 6.70. The number of phenolic OH excluding ortho intramolecular Hbond substituents is 1. The average molecular weight is 169 g/mol. The first-order valence-corrected chi connectivity index (χ1v) is 3.83. The van der Waals surface area contributed by atoms with Gasteiger partial charge in [0.25, 0.3) is 0 Å². The molecule has 3 heteroatoms. The fraction of sp³-hybridized carbons (Fsp3) is 0.333. The van der Waals surface area contributed by atoms with E-state index in [0.29, 0.717) is 6.54 Å². The van der Waals surface area contributed by atoms with Gasteiger partial charge in [0, 0.05) is 12.5 Å². The van der Waals surface area contributed by atoms with Gasteiger partial charge in [-0.25, -0.2) is 0 Å². The van der Waals surface area contributed by atoms with E-state index in [9.17, 15) is 4.39 Å². The Morgan fingerprint density at radius 1 is 1.33 bits per heavy atom. The topological polar surface area (TPSA) is 46.2 Å². The Kier molecular flexibility index (Phi) is 3.05. The van der Waals surface area contributed by atoms with Crippen molar-refractivity contribution in [2.75, 3.05) is 13.2 Å². The fourth-order valence-corrected chi connectivity index (χ4v) is 1.03. The lowest BCUT2D eigenvalue weighted by molar-refractivity contribution is 0.433. The van der Waals surface area contributed by atoms with Gasteiger partial charge in [-0.3, -0.25) is 4.39 Å². The van der Waals surface area contributed by atoms with E-state index in [-0.39, 0.29) is 11.7 Å². The van der Waals surface area contributed by atoms with Crippen LogP contribution >= 0.6 is 0 Å². The third kappa shape index (κ3) is 1.95. The third-order valence-electron chi connectivity index (χ3n) is 1.84. The number of hydrogen-bond acceptors (Lipinski definition) is 2. The first kappa shape index (κ1) is 9.00. The van der Waals surface area contributed by atoms with Gasteiger partial charge >= 0.3 is 0 Å².